The number of hydrogen-bond donors (Lipinski definition) is 3. The number of aromatic nitrogens is 1. The van der Waals surface area contributed by atoms with Crippen molar-refractivity contribution in [2.24, 2.45) is 5.92 Å². The van der Waals surface area contributed by atoms with Crippen molar-refractivity contribution in [1.82, 2.24) is 20.7 Å². The number of carbonyl (C=O) groups is 4. The number of amides is 3. The molecule has 0 unspecified atom stereocenters. The van der Waals surface area contributed by atoms with E-state index in [-0.39, 0.29) is 53.9 Å². The molecule has 0 spiro atoms. The quantitative estimate of drug-likeness (QED) is 0.157. The van der Waals surface area contributed by atoms with Gasteiger partial charge in [0, 0.05) is 30.1 Å². The molecule has 1 aromatic heterocycles. The highest BCUT2D eigenvalue weighted by molar-refractivity contribution is 5.98. The van der Waals surface area contributed by atoms with Crippen molar-refractivity contribution in [2.75, 3.05) is 13.2 Å². The Hall–Kier alpha value is -4.87. The van der Waals surface area contributed by atoms with Crippen molar-refractivity contribution in [2.45, 2.75) is 45.2 Å². The van der Waals surface area contributed by atoms with Crippen molar-refractivity contribution in [3.8, 4) is 11.3 Å². The Kier molecular flexibility index (Phi) is 10.6. The lowest BCUT2D eigenvalue weighted by molar-refractivity contribution is -0.145. The van der Waals surface area contributed by atoms with Crippen LogP contribution in [-0.4, -0.2) is 46.8 Å². The molecule has 0 saturated carbocycles. The van der Waals surface area contributed by atoms with Crippen molar-refractivity contribution >= 4 is 23.7 Å². The molecule has 1 fully saturated rings. The van der Waals surface area contributed by atoms with Crippen molar-refractivity contribution in [3.63, 3.8) is 0 Å². The Bertz CT molecular complexity index is 1520. The molecule has 3 amide bonds. The van der Waals surface area contributed by atoms with Gasteiger partial charge in [0.25, 0.3) is 5.91 Å². The predicted octanol–water partition coefficient (Wildman–Crippen LogP) is 5.17. The molecule has 2 aromatic carbocycles. The van der Waals surface area contributed by atoms with Gasteiger partial charge in [-0.15, -0.1) is 0 Å². The van der Waals surface area contributed by atoms with Gasteiger partial charge in [0.2, 0.25) is 11.8 Å². The first-order chi connectivity index (χ1) is 21.1. The van der Waals surface area contributed by atoms with Crippen LogP contribution in [0.4, 0.5) is 13.2 Å². The summed E-state index contributed by atoms with van der Waals surface area (Å²) in [5.74, 6) is -2.67. The maximum Gasteiger partial charge on any atom is 0.417 e. The van der Waals surface area contributed by atoms with Crippen LogP contribution in [0.1, 0.15) is 54.2 Å². The minimum atomic E-state index is -4.62. The minimum Gasteiger partial charge on any atom is -0.461 e. The van der Waals surface area contributed by atoms with E-state index in [1.165, 1.54) is 36.4 Å². The molecular weight excluding hydrogens is 577 g/mol. The number of carbonyl (C=O) groups excluding carboxylic acids is 4. The number of nitrogens with zero attached hydrogens (tertiary/aromatic N) is 1. The molecule has 1 saturated heterocycles. The summed E-state index contributed by atoms with van der Waals surface area (Å²) >= 11 is 0. The lowest BCUT2D eigenvalue weighted by atomic mass is 10.0. The number of nitrogens with one attached hydrogen (secondary N) is 3. The first-order valence-corrected chi connectivity index (χ1v) is 14.3. The van der Waals surface area contributed by atoms with Gasteiger partial charge >= 0.3 is 12.1 Å². The number of hydrazine groups is 1. The van der Waals surface area contributed by atoms with E-state index in [1.807, 2.05) is 30.3 Å². The highest BCUT2D eigenvalue weighted by Gasteiger charge is 2.34. The number of aryl methyl sites for hydroxylation is 1. The summed E-state index contributed by atoms with van der Waals surface area (Å²) in [5, 5.41) is 3.58. The van der Waals surface area contributed by atoms with E-state index in [0.717, 1.165) is 16.6 Å². The number of rotatable bonds is 11. The van der Waals surface area contributed by atoms with Crippen LogP contribution >= 0.6 is 0 Å². The Balaban J connectivity index is 1.61. The lowest BCUT2D eigenvalue weighted by Gasteiger charge is -2.25. The number of allylic oxidation sites excluding steroid dienone is 1. The summed E-state index contributed by atoms with van der Waals surface area (Å²) in [6, 6.07) is 16.7. The average molecular weight is 611 g/mol. The normalized spacial score (nSPS) is 15.0. The maximum absolute atomic E-state index is 13.6. The largest absolute Gasteiger partial charge is 0.461 e. The zero-order valence-corrected chi connectivity index (χ0v) is 24.1. The van der Waals surface area contributed by atoms with E-state index in [4.69, 9.17) is 4.74 Å². The summed E-state index contributed by atoms with van der Waals surface area (Å²) in [6.07, 6.45) is -1.65. The van der Waals surface area contributed by atoms with Gasteiger partial charge in [-0.3, -0.25) is 19.8 Å². The fourth-order valence-electron chi connectivity index (χ4n) is 4.89. The first kappa shape index (κ1) is 32.1. The molecule has 3 N–H and O–H groups in total. The molecule has 1 atom stereocenters. The van der Waals surface area contributed by atoms with Gasteiger partial charge in [-0.2, -0.15) is 13.2 Å². The molecule has 0 radical (unpaired) electrons. The summed E-state index contributed by atoms with van der Waals surface area (Å²) in [6.45, 7) is 2.15. The molecule has 4 rings (SSSR count). The third-order valence-electron chi connectivity index (χ3n) is 7.13. The second-order valence-electron chi connectivity index (χ2n) is 10.1. The van der Waals surface area contributed by atoms with E-state index in [9.17, 15) is 32.3 Å². The molecule has 0 bridgehead atoms. The number of aromatic amines is 1. The van der Waals surface area contributed by atoms with E-state index in [0.29, 0.717) is 25.8 Å². The molecule has 1 aliphatic heterocycles. The van der Waals surface area contributed by atoms with Gasteiger partial charge in [-0.25, -0.2) is 9.80 Å². The molecule has 44 heavy (non-hydrogen) atoms. The molecule has 2 heterocycles. The SMILES string of the molecule is CCOC(=O)/C(=C/CC[C@H]1CCNC1=O)N(NC(=O)c1ccc(-c2ccccc2C(F)(F)F)[nH]1)C(=O)CCc1ccccc1. The summed E-state index contributed by atoms with van der Waals surface area (Å²) in [5.41, 5.74) is 1.95. The minimum absolute atomic E-state index is 0.000199. The van der Waals surface area contributed by atoms with Crippen LogP contribution in [0.25, 0.3) is 11.3 Å². The van der Waals surface area contributed by atoms with E-state index >= 15 is 0 Å². The molecule has 12 heteroatoms. The van der Waals surface area contributed by atoms with Crippen LogP contribution in [-0.2, 0) is 31.7 Å². The third-order valence-corrected chi connectivity index (χ3v) is 7.13. The molecule has 232 valence electrons. The molecule has 3 aromatic rings. The second kappa shape index (κ2) is 14.5. The maximum atomic E-state index is 13.6. The molecular formula is C32H33F3N4O5. The summed E-state index contributed by atoms with van der Waals surface area (Å²) in [7, 11) is 0. The van der Waals surface area contributed by atoms with E-state index < -0.39 is 29.5 Å². The standard InChI is InChI=1S/C32H33F3N4O5/c1-2-44-31(43)27(14-8-11-22-19-20-36-29(22)41)39(28(40)18-15-21-9-4-3-5-10-21)38-30(42)26-17-16-25(37-26)23-12-6-7-13-24(23)32(33,34)35/h3-7,9-10,12-14,16-17,22,37H,2,8,11,15,18-20H2,1H3,(H,36,41)(H,38,42)/b27-14-/t22-/m0/s1. The van der Waals surface area contributed by atoms with Crippen LogP contribution in [0.5, 0.6) is 0 Å². The van der Waals surface area contributed by atoms with Gasteiger partial charge in [-0.05, 0) is 56.4 Å². The molecule has 0 aliphatic carbocycles. The second-order valence-corrected chi connectivity index (χ2v) is 10.1. The Morgan fingerprint density at radius 2 is 1.77 bits per heavy atom. The highest BCUT2D eigenvalue weighted by Crippen LogP contribution is 2.36. The Morgan fingerprint density at radius 1 is 1.05 bits per heavy atom. The van der Waals surface area contributed by atoms with E-state index in [2.05, 4.69) is 15.7 Å². The monoisotopic (exact) mass is 610 g/mol. The van der Waals surface area contributed by atoms with Gasteiger partial charge in [0.05, 0.1) is 12.2 Å². The van der Waals surface area contributed by atoms with Crippen LogP contribution in [0.15, 0.2) is 78.5 Å². The highest BCUT2D eigenvalue weighted by atomic mass is 19.4. The Morgan fingerprint density at radius 3 is 2.45 bits per heavy atom. The van der Waals surface area contributed by atoms with Crippen LogP contribution in [0.3, 0.4) is 0 Å². The topological polar surface area (TPSA) is 121 Å². The van der Waals surface area contributed by atoms with Crippen molar-refractivity contribution in [3.05, 3.63) is 95.3 Å². The summed E-state index contributed by atoms with van der Waals surface area (Å²) in [4.78, 5) is 54.7. The number of H-pyrrole nitrogens is 1. The van der Waals surface area contributed by atoms with Crippen LogP contribution in [0, 0.1) is 5.92 Å². The Labute approximate surface area is 252 Å². The zero-order valence-electron chi connectivity index (χ0n) is 24.1. The van der Waals surface area contributed by atoms with Gasteiger partial charge in [0.15, 0.2) is 0 Å². The van der Waals surface area contributed by atoms with Crippen molar-refractivity contribution in [1.29, 1.82) is 0 Å². The number of halogens is 3. The number of ether oxygens (including phenoxy) is 1. The number of benzene rings is 2. The van der Waals surface area contributed by atoms with Gasteiger partial charge < -0.3 is 15.0 Å². The smallest absolute Gasteiger partial charge is 0.417 e. The molecule has 1 aliphatic rings. The number of hydrogen-bond acceptors (Lipinski definition) is 5. The van der Waals surface area contributed by atoms with Gasteiger partial charge in [0.1, 0.15) is 11.4 Å². The fourth-order valence-corrected chi connectivity index (χ4v) is 4.89. The van der Waals surface area contributed by atoms with Crippen LogP contribution in [0.2, 0.25) is 0 Å². The van der Waals surface area contributed by atoms with Crippen molar-refractivity contribution < 1.29 is 37.1 Å². The van der Waals surface area contributed by atoms with E-state index in [1.54, 1.807) is 6.92 Å². The fraction of sp³-hybridized carbons (Fsp3) is 0.312. The predicted molar refractivity (Wildman–Crippen MR) is 155 cm³/mol. The molecule has 9 nitrogen and oxygen atoms in total. The summed E-state index contributed by atoms with van der Waals surface area (Å²) < 4.78 is 46.0. The average Bonchev–Trinajstić information content (AvgIpc) is 3.67. The number of esters is 1. The van der Waals surface area contributed by atoms with Crippen LogP contribution < -0.4 is 10.7 Å². The van der Waals surface area contributed by atoms with Gasteiger partial charge in [-0.1, -0.05) is 54.6 Å². The number of alkyl halides is 3. The zero-order chi connectivity index (χ0) is 31.7. The lowest BCUT2D eigenvalue weighted by Crippen LogP contribution is -2.47. The first-order valence-electron chi connectivity index (χ1n) is 14.3. The third kappa shape index (κ3) is 8.15.